The van der Waals surface area contributed by atoms with E-state index in [1.807, 2.05) is 6.07 Å². The van der Waals surface area contributed by atoms with Crippen LogP contribution in [0.15, 0.2) is 34.9 Å². The number of alkyl halides is 3. The van der Waals surface area contributed by atoms with Gasteiger partial charge in [-0.3, -0.25) is 5.84 Å². The first kappa shape index (κ1) is 14.4. The molecule has 102 valence electrons. The molecule has 8 heteroatoms. The number of halogens is 4. The van der Waals surface area contributed by atoms with Gasteiger partial charge in [0.15, 0.2) is 5.01 Å². The number of hydrazine groups is 1. The predicted octanol–water partition coefficient (Wildman–Crippen LogP) is 3.48. The van der Waals surface area contributed by atoms with Crippen molar-refractivity contribution in [2.75, 3.05) is 0 Å². The van der Waals surface area contributed by atoms with Crippen molar-refractivity contribution in [3.05, 3.63) is 50.4 Å². The zero-order chi connectivity index (χ0) is 14.0. The average molecular weight is 352 g/mol. The van der Waals surface area contributed by atoms with Gasteiger partial charge >= 0.3 is 6.18 Å². The number of hydrogen-bond acceptors (Lipinski definition) is 4. The molecule has 19 heavy (non-hydrogen) atoms. The fraction of sp³-hybridized carbons (Fsp3) is 0.182. The monoisotopic (exact) mass is 351 g/mol. The first-order valence-electron chi connectivity index (χ1n) is 5.16. The molecular weight excluding hydrogens is 343 g/mol. The second-order valence-corrected chi connectivity index (χ2v) is 5.70. The zero-order valence-corrected chi connectivity index (χ0v) is 11.8. The third kappa shape index (κ3) is 3.33. The van der Waals surface area contributed by atoms with Crippen molar-refractivity contribution in [2.24, 2.45) is 5.84 Å². The number of thiazole rings is 1. The van der Waals surface area contributed by atoms with Crippen molar-refractivity contribution in [1.29, 1.82) is 0 Å². The lowest BCUT2D eigenvalue weighted by Crippen LogP contribution is -2.28. The van der Waals surface area contributed by atoms with Crippen LogP contribution in [0.3, 0.4) is 0 Å². The maximum Gasteiger partial charge on any atom is 0.443 e. The van der Waals surface area contributed by atoms with Gasteiger partial charge in [-0.25, -0.2) is 10.4 Å². The highest BCUT2D eigenvalue weighted by molar-refractivity contribution is 9.10. The van der Waals surface area contributed by atoms with Gasteiger partial charge in [0, 0.05) is 15.5 Å². The van der Waals surface area contributed by atoms with Gasteiger partial charge in [0.25, 0.3) is 0 Å². The number of benzene rings is 1. The predicted molar refractivity (Wildman–Crippen MR) is 70.4 cm³/mol. The Balaban J connectivity index is 2.35. The van der Waals surface area contributed by atoms with E-state index in [1.54, 1.807) is 18.2 Å². The molecular formula is C11H9BrF3N3S. The minimum absolute atomic E-state index is 0.410. The normalized spacial score (nSPS) is 13.5. The molecule has 1 heterocycles. The number of nitrogens with one attached hydrogen (secondary N) is 1. The fourth-order valence-corrected chi connectivity index (χ4v) is 2.87. The van der Waals surface area contributed by atoms with Gasteiger partial charge < -0.3 is 0 Å². The van der Waals surface area contributed by atoms with E-state index in [0.29, 0.717) is 16.2 Å². The topological polar surface area (TPSA) is 50.9 Å². The molecule has 1 unspecified atom stereocenters. The van der Waals surface area contributed by atoms with E-state index >= 15 is 0 Å². The van der Waals surface area contributed by atoms with Gasteiger partial charge in [0.05, 0.1) is 6.04 Å². The molecule has 2 rings (SSSR count). The van der Waals surface area contributed by atoms with E-state index in [4.69, 9.17) is 5.84 Å². The average Bonchev–Trinajstić information content (AvgIpc) is 2.79. The van der Waals surface area contributed by atoms with Crippen LogP contribution in [-0.4, -0.2) is 4.98 Å². The smallest absolute Gasteiger partial charge is 0.271 e. The van der Waals surface area contributed by atoms with Gasteiger partial charge in [-0.2, -0.15) is 13.2 Å². The van der Waals surface area contributed by atoms with Crippen LogP contribution in [0.25, 0.3) is 0 Å². The Morgan fingerprint density at radius 1 is 1.37 bits per heavy atom. The van der Waals surface area contributed by atoms with E-state index < -0.39 is 17.2 Å². The zero-order valence-electron chi connectivity index (χ0n) is 9.41. The third-order valence-corrected chi connectivity index (χ3v) is 4.00. The summed E-state index contributed by atoms with van der Waals surface area (Å²) in [5.41, 5.74) is 3.27. The number of rotatable bonds is 3. The van der Waals surface area contributed by atoms with Crippen molar-refractivity contribution in [2.45, 2.75) is 12.2 Å². The van der Waals surface area contributed by atoms with E-state index in [1.165, 1.54) is 6.20 Å². The van der Waals surface area contributed by atoms with Crippen LogP contribution in [0.1, 0.15) is 21.5 Å². The lowest BCUT2D eigenvalue weighted by molar-refractivity contribution is -0.137. The summed E-state index contributed by atoms with van der Waals surface area (Å²) in [5.74, 6) is 5.44. The molecule has 1 aromatic heterocycles. The first-order valence-corrected chi connectivity index (χ1v) is 6.77. The van der Waals surface area contributed by atoms with E-state index in [2.05, 4.69) is 26.3 Å². The molecule has 0 saturated heterocycles. The number of aromatic nitrogens is 1. The minimum Gasteiger partial charge on any atom is -0.271 e. The van der Waals surface area contributed by atoms with Crippen LogP contribution in [0.4, 0.5) is 13.2 Å². The Hall–Kier alpha value is -0.960. The van der Waals surface area contributed by atoms with Crippen LogP contribution in [0.2, 0.25) is 0 Å². The summed E-state index contributed by atoms with van der Waals surface area (Å²) in [6, 6.07) is 6.66. The molecule has 0 bridgehead atoms. The van der Waals surface area contributed by atoms with Gasteiger partial charge in [0.2, 0.25) is 0 Å². The van der Waals surface area contributed by atoms with Crippen LogP contribution in [0, 0.1) is 0 Å². The number of nitrogens with zero attached hydrogens (tertiary/aromatic N) is 1. The lowest BCUT2D eigenvalue weighted by atomic mass is 10.1. The first-order chi connectivity index (χ1) is 8.91. The lowest BCUT2D eigenvalue weighted by Gasteiger charge is -2.14. The fourth-order valence-electron chi connectivity index (χ4n) is 1.58. The summed E-state index contributed by atoms with van der Waals surface area (Å²) in [4.78, 5) is 3.80. The van der Waals surface area contributed by atoms with Gasteiger partial charge in [-0.15, -0.1) is 11.3 Å². The molecule has 0 fully saturated rings. The molecule has 0 spiro atoms. The molecule has 2 aromatic rings. The largest absolute Gasteiger partial charge is 0.443 e. The Labute approximate surface area is 119 Å². The Bertz CT molecular complexity index is 570. The van der Waals surface area contributed by atoms with Gasteiger partial charge in [-0.1, -0.05) is 28.1 Å². The molecule has 0 aliphatic rings. The molecule has 0 amide bonds. The summed E-state index contributed by atoms with van der Waals surface area (Å²) in [5, 5.41) is -0.877. The quantitative estimate of drug-likeness (QED) is 0.657. The number of nitrogens with two attached hydrogens (primary N) is 1. The van der Waals surface area contributed by atoms with Gasteiger partial charge in [0.1, 0.15) is 0 Å². The molecule has 0 aliphatic carbocycles. The standard InChI is InChI=1S/C11H9BrF3N3S/c12-7-3-1-2-6(4-7)9(18-16)8-5-17-10(19-8)11(13,14)15/h1-5,9,18H,16H2. The van der Waals surface area contributed by atoms with Crippen molar-refractivity contribution >= 4 is 27.3 Å². The summed E-state index contributed by atoms with van der Waals surface area (Å²) < 4.78 is 38.4. The number of hydrogen-bond donors (Lipinski definition) is 2. The molecule has 1 atom stereocenters. The van der Waals surface area contributed by atoms with Crippen LogP contribution in [-0.2, 0) is 6.18 Å². The van der Waals surface area contributed by atoms with Crippen molar-refractivity contribution in [3.63, 3.8) is 0 Å². The molecule has 0 aliphatic heterocycles. The molecule has 1 aromatic carbocycles. The second kappa shape index (κ2) is 5.58. The van der Waals surface area contributed by atoms with Crippen LogP contribution in [0.5, 0.6) is 0 Å². The second-order valence-electron chi connectivity index (χ2n) is 3.72. The van der Waals surface area contributed by atoms with Gasteiger partial charge in [-0.05, 0) is 17.7 Å². The summed E-state index contributed by atoms with van der Waals surface area (Å²) >= 11 is 3.89. The third-order valence-electron chi connectivity index (χ3n) is 2.40. The maximum absolute atomic E-state index is 12.5. The SMILES string of the molecule is NNC(c1cccc(Br)c1)c1cnc(C(F)(F)F)s1. The maximum atomic E-state index is 12.5. The minimum atomic E-state index is -4.43. The highest BCUT2D eigenvalue weighted by atomic mass is 79.9. The van der Waals surface area contributed by atoms with E-state index in [0.717, 1.165) is 10.0 Å². The Morgan fingerprint density at radius 3 is 2.63 bits per heavy atom. The van der Waals surface area contributed by atoms with E-state index in [-0.39, 0.29) is 0 Å². The Kier molecular flexibility index (Phi) is 4.24. The van der Waals surface area contributed by atoms with Crippen molar-refractivity contribution in [1.82, 2.24) is 10.4 Å². The molecule has 0 saturated carbocycles. The van der Waals surface area contributed by atoms with Crippen molar-refractivity contribution in [3.8, 4) is 0 Å². The van der Waals surface area contributed by atoms with Crippen LogP contribution < -0.4 is 11.3 Å². The molecule has 0 radical (unpaired) electrons. The molecule has 3 nitrogen and oxygen atoms in total. The highest BCUT2D eigenvalue weighted by Crippen LogP contribution is 2.36. The van der Waals surface area contributed by atoms with Crippen LogP contribution >= 0.6 is 27.3 Å². The summed E-state index contributed by atoms with van der Waals surface area (Å²) in [7, 11) is 0. The Morgan fingerprint density at radius 2 is 2.11 bits per heavy atom. The summed E-state index contributed by atoms with van der Waals surface area (Å²) in [6.45, 7) is 0. The van der Waals surface area contributed by atoms with Crippen molar-refractivity contribution < 1.29 is 13.2 Å². The van der Waals surface area contributed by atoms with E-state index in [9.17, 15) is 13.2 Å². The summed E-state index contributed by atoms with van der Waals surface area (Å²) in [6.07, 6.45) is -3.24. The highest BCUT2D eigenvalue weighted by Gasteiger charge is 2.35. The molecule has 3 N–H and O–H groups in total.